The number of thiophene rings is 2. The van der Waals surface area contributed by atoms with Crippen LogP contribution in [0.4, 0.5) is 26.3 Å². The Morgan fingerprint density at radius 1 is 0.692 bits per heavy atom. The minimum absolute atomic E-state index is 0.0316. The van der Waals surface area contributed by atoms with E-state index in [-0.39, 0.29) is 20.2 Å². The highest BCUT2D eigenvalue weighted by molar-refractivity contribution is 7.15. The zero-order valence-corrected chi connectivity index (χ0v) is 31.7. The predicted octanol–water partition coefficient (Wildman–Crippen LogP) is 13.7. The van der Waals surface area contributed by atoms with Gasteiger partial charge in [0.2, 0.25) is 0 Å². The third kappa shape index (κ3) is 7.86. The molecule has 0 radical (unpaired) electrons. The van der Waals surface area contributed by atoms with E-state index in [9.17, 15) is 4.79 Å². The van der Waals surface area contributed by atoms with Crippen LogP contribution in [0, 0.1) is 13.8 Å². The van der Waals surface area contributed by atoms with E-state index in [4.69, 9.17) is 9.47 Å². The molecule has 0 bridgehead atoms. The smallest absolute Gasteiger partial charge is 0.380 e. The van der Waals surface area contributed by atoms with Crippen LogP contribution in [0.5, 0.6) is 5.75 Å². The van der Waals surface area contributed by atoms with Crippen LogP contribution in [0.1, 0.15) is 103 Å². The van der Waals surface area contributed by atoms with Crippen molar-refractivity contribution < 1.29 is 40.6 Å². The van der Waals surface area contributed by atoms with E-state index in [1.54, 1.807) is 19.1 Å². The zero-order valence-electron chi connectivity index (χ0n) is 30.0. The first kappa shape index (κ1) is 39.6. The maximum absolute atomic E-state index is 15.7. The molecule has 1 aliphatic rings. The van der Waals surface area contributed by atoms with Crippen molar-refractivity contribution in [3.63, 3.8) is 0 Å². The van der Waals surface area contributed by atoms with Gasteiger partial charge < -0.3 is 9.47 Å². The molecule has 0 spiro atoms. The number of allylic oxidation sites excluding steroid dienone is 2. The summed E-state index contributed by atoms with van der Waals surface area (Å²) in [5.74, 6) is -16.2. The van der Waals surface area contributed by atoms with Crippen molar-refractivity contribution >= 4 is 39.8 Å². The molecule has 0 N–H and O–H groups in total. The Morgan fingerprint density at radius 2 is 1.21 bits per heavy atom. The van der Waals surface area contributed by atoms with Crippen LogP contribution in [-0.2, 0) is 4.74 Å². The Morgan fingerprint density at radius 3 is 1.81 bits per heavy atom. The largest absolute Gasteiger partial charge is 0.494 e. The standard InChI is InChI=1S/C41H44F6O3S2/c1-6-8-10-11-12-13-25(3)50-38(48)35-24-33(27(5)52-35)37-36(39(42,43)41(46,47)40(37,44)45)32-23-34(51-26(32)4)30-16-14-28(15-17-30)29-18-20-31(21-19-29)49-22-9-7-2/h14-21,23-25H,6-13,22H2,1-5H3. The number of carbonyl (C=O) groups excluding carboxylic acids is 1. The summed E-state index contributed by atoms with van der Waals surface area (Å²) < 4.78 is 104. The molecule has 1 atom stereocenters. The van der Waals surface area contributed by atoms with Crippen LogP contribution in [-0.4, -0.2) is 36.4 Å². The summed E-state index contributed by atoms with van der Waals surface area (Å²) >= 11 is 1.81. The van der Waals surface area contributed by atoms with Crippen molar-refractivity contribution in [3.05, 3.63) is 86.4 Å². The van der Waals surface area contributed by atoms with E-state index in [2.05, 4.69) is 13.8 Å². The highest BCUT2D eigenvalue weighted by Crippen LogP contribution is 2.66. The summed E-state index contributed by atoms with van der Waals surface area (Å²) in [6, 6.07) is 17.1. The fourth-order valence-corrected chi connectivity index (χ4v) is 8.32. The van der Waals surface area contributed by atoms with Gasteiger partial charge in [-0.3, -0.25) is 0 Å². The van der Waals surface area contributed by atoms with Gasteiger partial charge in [-0.1, -0.05) is 82.3 Å². The number of alkyl halides is 6. The summed E-state index contributed by atoms with van der Waals surface area (Å²) in [7, 11) is 0. The number of hydrogen-bond acceptors (Lipinski definition) is 5. The van der Waals surface area contributed by atoms with Gasteiger partial charge in [0.15, 0.2) is 0 Å². The lowest BCUT2D eigenvalue weighted by Crippen LogP contribution is -2.48. The quantitative estimate of drug-likeness (QED) is 0.0648. The molecule has 52 heavy (non-hydrogen) atoms. The molecule has 0 saturated carbocycles. The van der Waals surface area contributed by atoms with Gasteiger partial charge in [0.05, 0.1) is 12.7 Å². The Balaban J connectivity index is 1.45. The lowest BCUT2D eigenvalue weighted by atomic mass is 9.94. The molecule has 0 amide bonds. The predicted molar refractivity (Wildman–Crippen MR) is 199 cm³/mol. The maximum Gasteiger partial charge on any atom is 0.380 e. The Bertz CT molecular complexity index is 1870. The molecule has 3 nitrogen and oxygen atoms in total. The molecule has 2 aromatic carbocycles. The third-order valence-corrected chi connectivity index (χ3v) is 11.5. The van der Waals surface area contributed by atoms with Crippen LogP contribution in [0.15, 0.2) is 60.7 Å². The molecule has 0 aliphatic heterocycles. The zero-order chi connectivity index (χ0) is 37.8. The highest BCUT2D eigenvalue weighted by atomic mass is 32.1. The van der Waals surface area contributed by atoms with Crippen LogP contribution < -0.4 is 4.74 Å². The molecule has 1 unspecified atom stereocenters. The average molecular weight is 763 g/mol. The second kappa shape index (κ2) is 16.2. The first-order valence-electron chi connectivity index (χ1n) is 17.8. The monoisotopic (exact) mass is 762 g/mol. The van der Waals surface area contributed by atoms with Crippen molar-refractivity contribution in [1.82, 2.24) is 0 Å². The van der Waals surface area contributed by atoms with Crippen molar-refractivity contribution in [2.24, 2.45) is 0 Å². The number of unbranched alkanes of at least 4 members (excludes halogenated alkanes) is 5. The summed E-state index contributed by atoms with van der Waals surface area (Å²) in [5, 5.41) is 0. The van der Waals surface area contributed by atoms with Crippen molar-refractivity contribution in [1.29, 1.82) is 0 Å². The van der Waals surface area contributed by atoms with E-state index in [0.717, 1.165) is 90.6 Å². The van der Waals surface area contributed by atoms with Crippen LogP contribution in [0.2, 0.25) is 0 Å². The fourth-order valence-electron chi connectivity index (χ4n) is 6.38. The molecule has 1 aliphatic carbocycles. The van der Waals surface area contributed by atoms with Crippen LogP contribution >= 0.6 is 22.7 Å². The molecule has 0 saturated heterocycles. The summed E-state index contributed by atoms with van der Waals surface area (Å²) in [4.78, 5) is 13.6. The Kier molecular flexibility index (Phi) is 12.4. The van der Waals surface area contributed by atoms with Crippen LogP contribution in [0.25, 0.3) is 32.7 Å². The molecule has 2 heterocycles. The summed E-state index contributed by atoms with van der Waals surface area (Å²) in [6.45, 7) is 9.35. The van der Waals surface area contributed by atoms with Gasteiger partial charge in [0.1, 0.15) is 10.6 Å². The van der Waals surface area contributed by atoms with Gasteiger partial charge >= 0.3 is 23.7 Å². The van der Waals surface area contributed by atoms with Gasteiger partial charge in [-0.05, 0) is 92.1 Å². The van der Waals surface area contributed by atoms with Crippen molar-refractivity contribution in [2.75, 3.05) is 6.61 Å². The normalized spacial score (nSPS) is 16.7. The van der Waals surface area contributed by atoms with Gasteiger partial charge in [-0.15, -0.1) is 22.7 Å². The molecular formula is C41H44F6O3S2. The molecule has 280 valence electrons. The molecular weight excluding hydrogens is 719 g/mol. The number of halogens is 6. The topological polar surface area (TPSA) is 35.5 Å². The lowest BCUT2D eigenvalue weighted by Gasteiger charge is -2.25. The molecule has 5 rings (SSSR count). The highest BCUT2D eigenvalue weighted by Gasteiger charge is 2.80. The Hall–Kier alpha value is -3.57. The fraction of sp³-hybridized carbons (Fsp3) is 0.439. The van der Waals surface area contributed by atoms with Crippen molar-refractivity contribution in [3.8, 4) is 27.3 Å². The number of carbonyl (C=O) groups is 1. The van der Waals surface area contributed by atoms with E-state index in [0.29, 0.717) is 23.5 Å². The van der Waals surface area contributed by atoms with Gasteiger partial charge in [-0.2, -0.15) is 26.3 Å². The number of rotatable bonds is 16. The molecule has 0 fully saturated rings. The van der Waals surface area contributed by atoms with E-state index < -0.39 is 46.6 Å². The summed E-state index contributed by atoms with van der Waals surface area (Å²) in [6.07, 6.45) is 7.20. The number of benzene rings is 2. The number of ether oxygens (including phenoxy) is 2. The minimum Gasteiger partial charge on any atom is -0.494 e. The van der Waals surface area contributed by atoms with Gasteiger partial charge in [0, 0.05) is 25.8 Å². The summed E-state index contributed by atoms with van der Waals surface area (Å²) in [5.41, 5.74) is -1.38. The number of hydrogen-bond donors (Lipinski definition) is 0. The molecule has 11 heteroatoms. The Labute approximate surface area is 309 Å². The third-order valence-electron chi connectivity index (χ3n) is 9.39. The van der Waals surface area contributed by atoms with Gasteiger partial charge in [-0.25, -0.2) is 4.79 Å². The molecule has 4 aromatic rings. The van der Waals surface area contributed by atoms with Gasteiger partial charge in [0.25, 0.3) is 0 Å². The second-order valence-corrected chi connectivity index (χ2v) is 15.9. The van der Waals surface area contributed by atoms with E-state index in [1.807, 2.05) is 36.4 Å². The SMILES string of the molecule is CCCCCCCC(C)OC(=O)c1cc(C2=C(c3cc(-c4ccc(-c5ccc(OCCCC)cc5)cc4)sc3C)C(F)(F)C(F)(F)C2(F)F)c(C)s1. The van der Waals surface area contributed by atoms with E-state index in [1.165, 1.54) is 19.9 Å². The van der Waals surface area contributed by atoms with E-state index >= 15 is 26.3 Å². The number of aryl methyl sites for hydroxylation is 2. The first-order valence-corrected chi connectivity index (χ1v) is 19.4. The number of esters is 1. The average Bonchev–Trinajstić information content (AvgIpc) is 3.71. The minimum atomic E-state index is -5.71. The maximum atomic E-state index is 15.7. The first-order chi connectivity index (χ1) is 24.6. The van der Waals surface area contributed by atoms with Crippen molar-refractivity contribution in [2.45, 2.75) is 110 Å². The van der Waals surface area contributed by atoms with Crippen LogP contribution in [0.3, 0.4) is 0 Å². The molecule has 2 aromatic heterocycles. The second-order valence-electron chi connectivity index (χ2n) is 13.4. The lowest BCUT2D eigenvalue weighted by molar-refractivity contribution is -0.254.